The van der Waals surface area contributed by atoms with Crippen molar-refractivity contribution in [2.75, 3.05) is 18.8 Å². The highest BCUT2D eigenvalue weighted by Crippen LogP contribution is 2.35. The zero-order valence-corrected chi connectivity index (χ0v) is 12.5. The summed E-state index contributed by atoms with van der Waals surface area (Å²) >= 11 is 0. The van der Waals surface area contributed by atoms with E-state index in [4.69, 9.17) is 5.73 Å². The molecule has 0 aliphatic carbocycles. The number of benzene rings is 1. The topological polar surface area (TPSA) is 46.3 Å². The fourth-order valence-electron chi connectivity index (χ4n) is 2.03. The van der Waals surface area contributed by atoms with Gasteiger partial charge in [0.2, 0.25) is 0 Å². The molecule has 0 aromatic heterocycles. The maximum Gasteiger partial charge on any atom is 0.418 e. The number of hydrogen-bond donors (Lipinski definition) is 1. The summed E-state index contributed by atoms with van der Waals surface area (Å²) < 4.78 is 38.5. The maximum atomic E-state index is 12.8. The zero-order valence-electron chi connectivity index (χ0n) is 12.5. The predicted molar refractivity (Wildman–Crippen MR) is 76.9 cm³/mol. The highest BCUT2D eigenvalue weighted by Gasteiger charge is 2.34. The van der Waals surface area contributed by atoms with Crippen molar-refractivity contribution >= 4 is 11.6 Å². The van der Waals surface area contributed by atoms with Gasteiger partial charge in [0.15, 0.2) is 0 Å². The fourth-order valence-corrected chi connectivity index (χ4v) is 2.03. The zero-order chi connectivity index (χ0) is 16.2. The van der Waals surface area contributed by atoms with Crippen molar-refractivity contribution in [3.05, 3.63) is 29.3 Å². The van der Waals surface area contributed by atoms with Gasteiger partial charge in [-0.3, -0.25) is 4.79 Å². The Morgan fingerprint density at radius 2 is 1.95 bits per heavy atom. The molecule has 1 aromatic rings. The van der Waals surface area contributed by atoms with Crippen LogP contribution in [0.2, 0.25) is 0 Å². The first-order valence-electron chi connectivity index (χ1n) is 6.97. The minimum Gasteiger partial charge on any atom is -0.398 e. The molecule has 118 valence electrons. The van der Waals surface area contributed by atoms with Crippen molar-refractivity contribution in [1.29, 1.82) is 0 Å². The van der Waals surface area contributed by atoms with Crippen LogP contribution < -0.4 is 5.73 Å². The smallest absolute Gasteiger partial charge is 0.398 e. The molecule has 1 rings (SSSR count). The molecule has 0 heterocycles. The Labute approximate surface area is 122 Å². The Bertz CT molecular complexity index is 500. The second-order valence-corrected chi connectivity index (χ2v) is 5.12. The summed E-state index contributed by atoms with van der Waals surface area (Å²) in [5.74, 6) is -0.178. The van der Waals surface area contributed by atoms with Gasteiger partial charge < -0.3 is 10.6 Å². The molecule has 1 amide bonds. The van der Waals surface area contributed by atoms with Gasteiger partial charge in [-0.1, -0.05) is 26.3 Å². The molecule has 0 aliphatic rings. The Morgan fingerprint density at radius 1 is 1.33 bits per heavy atom. The van der Waals surface area contributed by atoms with E-state index in [1.807, 2.05) is 13.8 Å². The monoisotopic (exact) mass is 302 g/mol. The van der Waals surface area contributed by atoms with Crippen LogP contribution in [0.4, 0.5) is 18.9 Å². The van der Waals surface area contributed by atoms with Gasteiger partial charge in [0, 0.05) is 13.1 Å². The van der Waals surface area contributed by atoms with Crippen molar-refractivity contribution in [2.24, 2.45) is 5.92 Å². The molecule has 0 aliphatic heterocycles. The second kappa shape index (κ2) is 6.83. The largest absolute Gasteiger partial charge is 0.418 e. The molecule has 1 unspecified atom stereocenters. The van der Waals surface area contributed by atoms with E-state index in [9.17, 15) is 18.0 Å². The molecule has 2 N–H and O–H groups in total. The van der Waals surface area contributed by atoms with E-state index in [-0.39, 0.29) is 11.5 Å². The highest BCUT2D eigenvalue weighted by atomic mass is 19.4. The lowest BCUT2D eigenvalue weighted by Gasteiger charge is -2.25. The fraction of sp³-hybridized carbons (Fsp3) is 0.533. The molecule has 1 aromatic carbocycles. The summed E-state index contributed by atoms with van der Waals surface area (Å²) in [6.07, 6.45) is -3.67. The number of carbonyl (C=O) groups is 1. The van der Waals surface area contributed by atoms with E-state index in [0.29, 0.717) is 13.1 Å². The van der Waals surface area contributed by atoms with E-state index in [0.717, 1.165) is 12.5 Å². The van der Waals surface area contributed by atoms with Crippen LogP contribution in [-0.4, -0.2) is 23.9 Å². The van der Waals surface area contributed by atoms with Crippen molar-refractivity contribution in [3.8, 4) is 0 Å². The number of anilines is 1. The van der Waals surface area contributed by atoms with Crippen molar-refractivity contribution in [3.63, 3.8) is 0 Å². The number of nitrogens with two attached hydrogens (primary N) is 1. The summed E-state index contributed by atoms with van der Waals surface area (Å²) in [6, 6.07) is 3.44. The summed E-state index contributed by atoms with van der Waals surface area (Å²) in [5, 5.41) is 0. The Morgan fingerprint density at radius 3 is 2.43 bits per heavy atom. The highest BCUT2D eigenvalue weighted by molar-refractivity contribution is 5.99. The van der Waals surface area contributed by atoms with Gasteiger partial charge in [-0.25, -0.2) is 0 Å². The predicted octanol–water partition coefficient (Wildman–Crippen LogP) is 3.80. The molecule has 0 saturated carbocycles. The van der Waals surface area contributed by atoms with Crippen LogP contribution in [0.5, 0.6) is 0 Å². The van der Waals surface area contributed by atoms with E-state index < -0.39 is 23.3 Å². The van der Waals surface area contributed by atoms with E-state index in [1.165, 1.54) is 17.0 Å². The lowest BCUT2D eigenvalue weighted by atomic mass is 10.0. The standard InChI is InChI=1S/C15H21F3N2O/c1-4-10(3)9-20(5-2)14(21)11-7-6-8-12(13(11)19)15(16,17)18/h6-8,10H,4-5,9,19H2,1-3H3. The lowest BCUT2D eigenvalue weighted by Crippen LogP contribution is -2.35. The average molecular weight is 302 g/mol. The van der Waals surface area contributed by atoms with Gasteiger partial charge in [0.25, 0.3) is 5.91 Å². The number of rotatable bonds is 5. The molecule has 1 atom stereocenters. The molecule has 0 saturated heterocycles. The van der Waals surface area contributed by atoms with Crippen LogP contribution in [0, 0.1) is 5.92 Å². The Balaban J connectivity index is 3.12. The SMILES string of the molecule is CCC(C)CN(CC)C(=O)c1cccc(C(F)(F)F)c1N. The van der Waals surface area contributed by atoms with Gasteiger partial charge >= 0.3 is 6.18 Å². The maximum absolute atomic E-state index is 12.8. The van der Waals surface area contributed by atoms with E-state index in [2.05, 4.69) is 0 Å². The molecule has 21 heavy (non-hydrogen) atoms. The quantitative estimate of drug-likeness (QED) is 0.841. The van der Waals surface area contributed by atoms with Crippen LogP contribution in [0.25, 0.3) is 0 Å². The van der Waals surface area contributed by atoms with Gasteiger partial charge in [0.05, 0.1) is 16.8 Å². The van der Waals surface area contributed by atoms with Crippen LogP contribution in [0.1, 0.15) is 43.1 Å². The summed E-state index contributed by atoms with van der Waals surface area (Å²) in [6.45, 7) is 6.72. The summed E-state index contributed by atoms with van der Waals surface area (Å²) in [4.78, 5) is 13.9. The molecule has 0 fully saturated rings. The molecule has 6 heteroatoms. The number of alkyl halides is 3. The third kappa shape index (κ3) is 4.12. The number of halogens is 3. The van der Waals surface area contributed by atoms with Gasteiger partial charge in [-0.05, 0) is 25.0 Å². The molecular weight excluding hydrogens is 281 g/mol. The van der Waals surface area contributed by atoms with Gasteiger partial charge in [0.1, 0.15) is 0 Å². The number of para-hydroxylation sites is 1. The number of nitrogens with zero attached hydrogens (tertiary/aromatic N) is 1. The van der Waals surface area contributed by atoms with Crippen LogP contribution in [-0.2, 0) is 6.18 Å². The average Bonchev–Trinajstić information content (AvgIpc) is 2.42. The Hall–Kier alpha value is -1.72. The van der Waals surface area contributed by atoms with Crippen LogP contribution in [0.3, 0.4) is 0 Å². The van der Waals surface area contributed by atoms with Crippen molar-refractivity contribution < 1.29 is 18.0 Å². The summed E-state index contributed by atoms with van der Waals surface area (Å²) in [7, 11) is 0. The number of amides is 1. The minimum absolute atomic E-state index is 0.0880. The molecule has 3 nitrogen and oxygen atoms in total. The van der Waals surface area contributed by atoms with Gasteiger partial charge in [-0.2, -0.15) is 13.2 Å². The third-order valence-corrected chi connectivity index (χ3v) is 3.54. The lowest BCUT2D eigenvalue weighted by molar-refractivity contribution is -0.136. The van der Waals surface area contributed by atoms with E-state index in [1.54, 1.807) is 6.92 Å². The normalized spacial score (nSPS) is 13.0. The third-order valence-electron chi connectivity index (χ3n) is 3.54. The number of carbonyl (C=O) groups excluding carboxylic acids is 1. The first kappa shape index (κ1) is 17.3. The second-order valence-electron chi connectivity index (χ2n) is 5.12. The molecular formula is C15H21F3N2O. The van der Waals surface area contributed by atoms with Crippen LogP contribution in [0.15, 0.2) is 18.2 Å². The molecule has 0 radical (unpaired) electrons. The Kier molecular flexibility index (Phi) is 5.63. The number of hydrogen-bond acceptors (Lipinski definition) is 2. The first-order valence-corrected chi connectivity index (χ1v) is 6.97. The van der Waals surface area contributed by atoms with E-state index >= 15 is 0 Å². The van der Waals surface area contributed by atoms with Gasteiger partial charge in [-0.15, -0.1) is 0 Å². The minimum atomic E-state index is -4.56. The van der Waals surface area contributed by atoms with Crippen LogP contribution >= 0.6 is 0 Å². The number of nitrogen functional groups attached to an aromatic ring is 1. The van der Waals surface area contributed by atoms with Crippen molar-refractivity contribution in [2.45, 2.75) is 33.4 Å². The van der Waals surface area contributed by atoms with Crippen molar-refractivity contribution in [1.82, 2.24) is 4.90 Å². The first-order chi connectivity index (χ1) is 9.72. The summed E-state index contributed by atoms with van der Waals surface area (Å²) in [5.41, 5.74) is 4.00. The molecule has 0 bridgehead atoms. The molecule has 0 spiro atoms.